The molecule has 0 spiro atoms. The van der Waals surface area contributed by atoms with E-state index in [0.717, 1.165) is 21.8 Å². The first-order valence-electron chi connectivity index (χ1n) is 9.11. The minimum absolute atomic E-state index is 0.187. The highest BCUT2D eigenvalue weighted by Crippen LogP contribution is 2.35. The fraction of sp³-hybridized carbons (Fsp3) is 0. The van der Waals surface area contributed by atoms with Crippen LogP contribution in [-0.2, 0) is 0 Å². The quantitative estimate of drug-likeness (QED) is 0.422. The van der Waals surface area contributed by atoms with Crippen molar-refractivity contribution in [1.82, 2.24) is 15.0 Å². The molecule has 0 unspecified atom stereocenters. The molecular formula is C23H16N4O2. The van der Waals surface area contributed by atoms with Crippen LogP contribution in [0.2, 0.25) is 0 Å². The molecule has 0 radical (unpaired) electrons. The Morgan fingerprint density at radius 1 is 1.00 bits per heavy atom. The molecule has 0 aliphatic heterocycles. The van der Waals surface area contributed by atoms with E-state index in [1.165, 1.54) is 6.20 Å². The highest BCUT2D eigenvalue weighted by atomic mass is 16.3. The molecule has 3 aromatic carbocycles. The Morgan fingerprint density at radius 2 is 1.90 bits per heavy atom. The summed E-state index contributed by atoms with van der Waals surface area (Å²) >= 11 is 0. The summed E-state index contributed by atoms with van der Waals surface area (Å²) < 4.78 is 0. The van der Waals surface area contributed by atoms with Crippen molar-refractivity contribution in [2.24, 2.45) is 0 Å². The lowest BCUT2D eigenvalue weighted by molar-refractivity contribution is 0.102. The molecule has 1 amide bonds. The van der Waals surface area contributed by atoms with Crippen molar-refractivity contribution in [3.63, 3.8) is 0 Å². The number of carbonyl (C=O) groups excluding carboxylic acids is 1. The third-order valence-corrected chi connectivity index (χ3v) is 4.82. The van der Waals surface area contributed by atoms with Crippen LogP contribution in [0.25, 0.3) is 33.2 Å². The molecule has 2 heterocycles. The number of fused-ring (bicyclic) bond motifs is 2. The van der Waals surface area contributed by atoms with Crippen molar-refractivity contribution in [3.05, 3.63) is 84.7 Å². The SMILES string of the molecule is O=C(Nc1ccc2nc(-c3ccc4ccccc4c3O)[nH]c2c1)c1cccnc1. The zero-order valence-electron chi connectivity index (χ0n) is 15.3. The molecule has 0 aliphatic rings. The lowest BCUT2D eigenvalue weighted by atomic mass is 10.1. The van der Waals surface area contributed by atoms with Gasteiger partial charge >= 0.3 is 0 Å². The van der Waals surface area contributed by atoms with E-state index in [1.807, 2.05) is 48.5 Å². The second kappa shape index (κ2) is 6.76. The molecule has 6 heteroatoms. The van der Waals surface area contributed by atoms with Gasteiger partial charge < -0.3 is 15.4 Å². The third-order valence-electron chi connectivity index (χ3n) is 4.82. The van der Waals surface area contributed by atoms with Crippen LogP contribution in [0, 0.1) is 0 Å². The second-order valence-corrected chi connectivity index (χ2v) is 6.70. The number of phenols is 1. The normalized spacial score (nSPS) is 11.0. The van der Waals surface area contributed by atoms with Gasteiger partial charge in [0.1, 0.15) is 11.6 Å². The van der Waals surface area contributed by atoms with E-state index < -0.39 is 0 Å². The molecule has 140 valence electrons. The molecule has 0 saturated heterocycles. The Hall–Kier alpha value is -4.19. The van der Waals surface area contributed by atoms with Gasteiger partial charge in [-0.25, -0.2) is 4.98 Å². The number of aromatic amines is 1. The van der Waals surface area contributed by atoms with Gasteiger partial charge in [-0.2, -0.15) is 0 Å². The van der Waals surface area contributed by atoms with Crippen molar-refractivity contribution in [2.75, 3.05) is 5.32 Å². The number of rotatable bonds is 3. The van der Waals surface area contributed by atoms with Crippen molar-refractivity contribution in [1.29, 1.82) is 0 Å². The number of anilines is 1. The Labute approximate surface area is 165 Å². The third kappa shape index (κ3) is 3.06. The van der Waals surface area contributed by atoms with Crippen LogP contribution in [0.1, 0.15) is 10.4 Å². The van der Waals surface area contributed by atoms with Crippen LogP contribution in [0.5, 0.6) is 5.75 Å². The fourth-order valence-electron chi connectivity index (χ4n) is 3.36. The van der Waals surface area contributed by atoms with Gasteiger partial charge in [-0.3, -0.25) is 9.78 Å². The number of phenolic OH excluding ortho intramolecular Hbond substituents is 1. The Bertz CT molecular complexity index is 1360. The first-order valence-corrected chi connectivity index (χ1v) is 9.11. The largest absolute Gasteiger partial charge is 0.507 e. The zero-order valence-corrected chi connectivity index (χ0v) is 15.3. The molecule has 2 aromatic heterocycles. The number of H-pyrrole nitrogens is 1. The Kier molecular flexibility index (Phi) is 3.95. The summed E-state index contributed by atoms with van der Waals surface area (Å²) in [6.07, 6.45) is 3.14. The first kappa shape index (κ1) is 16.9. The predicted molar refractivity (Wildman–Crippen MR) is 113 cm³/mol. The van der Waals surface area contributed by atoms with Gasteiger partial charge in [0, 0.05) is 23.5 Å². The standard InChI is InChI=1S/C23H16N4O2/c28-21-17-6-2-1-4-14(17)7-9-18(21)22-26-19-10-8-16(12-20(19)27-22)25-23(29)15-5-3-11-24-13-15/h1-13,28H,(H,25,29)(H,26,27). The van der Waals surface area contributed by atoms with Crippen LogP contribution < -0.4 is 5.32 Å². The van der Waals surface area contributed by atoms with E-state index in [4.69, 9.17) is 0 Å². The van der Waals surface area contributed by atoms with E-state index in [0.29, 0.717) is 22.6 Å². The molecule has 6 nitrogen and oxygen atoms in total. The van der Waals surface area contributed by atoms with E-state index in [1.54, 1.807) is 24.4 Å². The average Bonchev–Trinajstić information content (AvgIpc) is 3.18. The van der Waals surface area contributed by atoms with Gasteiger partial charge in [0.25, 0.3) is 5.91 Å². The molecule has 29 heavy (non-hydrogen) atoms. The molecule has 0 saturated carbocycles. The highest BCUT2D eigenvalue weighted by molar-refractivity contribution is 6.04. The first-order chi connectivity index (χ1) is 14.2. The summed E-state index contributed by atoms with van der Waals surface area (Å²) in [5.41, 5.74) is 3.26. The molecule has 0 atom stereocenters. The molecular weight excluding hydrogens is 364 g/mol. The van der Waals surface area contributed by atoms with Gasteiger partial charge in [-0.05, 0) is 41.8 Å². The van der Waals surface area contributed by atoms with Crippen LogP contribution in [0.15, 0.2) is 79.1 Å². The number of pyridine rings is 1. The van der Waals surface area contributed by atoms with Gasteiger partial charge in [0.05, 0.1) is 22.2 Å². The summed E-state index contributed by atoms with van der Waals surface area (Å²) in [7, 11) is 0. The number of amides is 1. The number of imidazole rings is 1. The topological polar surface area (TPSA) is 90.9 Å². The fourth-order valence-corrected chi connectivity index (χ4v) is 3.36. The second-order valence-electron chi connectivity index (χ2n) is 6.70. The molecule has 0 fully saturated rings. The molecule has 0 bridgehead atoms. The van der Waals surface area contributed by atoms with E-state index >= 15 is 0 Å². The number of aromatic nitrogens is 3. The maximum atomic E-state index is 12.3. The zero-order chi connectivity index (χ0) is 19.8. The molecule has 0 aliphatic carbocycles. The highest BCUT2D eigenvalue weighted by Gasteiger charge is 2.13. The van der Waals surface area contributed by atoms with E-state index in [2.05, 4.69) is 20.3 Å². The Morgan fingerprint density at radius 3 is 2.76 bits per heavy atom. The molecule has 3 N–H and O–H groups in total. The number of hydrogen-bond donors (Lipinski definition) is 3. The van der Waals surface area contributed by atoms with Gasteiger partial charge in [0.15, 0.2) is 0 Å². The summed E-state index contributed by atoms with van der Waals surface area (Å²) in [5.74, 6) is 0.524. The van der Waals surface area contributed by atoms with Crippen LogP contribution in [0.4, 0.5) is 5.69 Å². The summed E-state index contributed by atoms with van der Waals surface area (Å²) in [5, 5.41) is 15.3. The lowest BCUT2D eigenvalue weighted by Gasteiger charge is -2.05. The number of benzene rings is 3. The van der Waals surface area contributed by atoms with Gasteiger partial charge in [-0.1, -0.05) is 30.3 Å². The maximum Gasteiger partial charge on any atom is 0.257 e. The number of aromatic hydroxyl groups is 1. The maximum absolute atomic E-state index is 12.3. The van der Waals surface area contributed by atoms with Gasteiger partial charge in [-0.15, -0.1) is 0 Å². The van der Waals surface area contributed by atoms with E-state index in [9.17, 15) is 9.90 Å². The summed E-state index contributed by atoms with van der Waals surface area (Å²) in [6.45, 7) is 0. The van der Waals surface area contributed by atoms with Crippen LogP contribution in [0.3, 0.4) is 0 Å². The minimum atomic E-state index is -0.232. The number of nitrogens with one attached hydrogen (secondary N) is 2. The molecule has 5 rings (SSSR count). The van der Waals surface area contributed by atoms with Crippen molar-refractivity contribution in [3.8, 4) is 17.1 Å². The minimum Gasteiger partial charge on any atom is -0.507 e. The number of hydrogen-bond acceptors (Lipinski definition) is 4. The summed E-state index contributed by atoms with van der Waals surface area (Å²) in [6, 6.07) is 20.3. The van der Waals surface area contributed by atoms with Gasteiger partial charge in [0.2, 0.25) is 0 Å². The van der Waals surface area contributed by atoms with Crippen molar-refractivity contribution >= 4 is 33.4 Å². The van der Waals surface area contributed by atoms with E-state index in [-0.39, 0.29) is 11.7 Å². The monoisotopic (exact) mass is 380 g/mol. The smallest absolute Gasteiger partial charge is 0.257 e. The number of carbonyl (C=O) groups is 1. The van der Waals surface area contributed by atoms with Crippen molar-refractivity contribution in [2.45, 2.75) is 0 Å². The van der Waals surface area contributed by atoms with Crippen LogP contribution in [-0.4, -0.2) is 26.0 Å². The lowest BCUT2D eigenvalue weighted by Crippen LogP contribution is -2.11. The summed E-state index contributed by atoms with van der Waals surface area (Å²) in [4.78, 5) is 24.1. The van der Waals surface area contributed by atoms with Crippen LogP contribution >= 0.6 is 0 Å². The number of nitrogens with zero attached hydrogens (tertiary/aromatic N) is 2. The van der Waals surface area contributed by atoms with Crippen molar-refractivity contribution < 1.29 is 9.90 Å². The molecule has 5 aromatic rings. The Balaban J connectivity index is 1.50. The average molecular weight is 380 g/mol. The predicted octanol–water partition coefficient (Wildman–Crippen LogP) is 4.74.